The second kappa shape index (κ2) is 9.18. The minimum absolute atomic E-state index is 0.0104. The molecule has 0 saturated heterocycles. The molecule has 0 bridgehead atoms. The molecular formula is C25H32N4O3. The number of pyridine rings is 1. The van der Waals surface area contributed by atoms with Crippen molar-refractivity contribution in [2.75, 3.05) is 14.2 Å². The van der Waals surface area contributed by atoms with Gasteiger partial charge in [-0.1, -0.05) is 25.8 Å². The van der Waals surface area contributed by atoms with Crippen molar-refractivity contribution >= 4 is 16.9 Å². The van der Waals surface area contributed by atoms with Crippen LogP contribution in [0.25, 0.3) is 11.0 Å². The molecule has 0 unspecified atom stereocenters. The van der Waals surface area contributed by atoms with Gasteiger partial charge in [-0.2, -0.15) is 5.10 Å². The van der Waals surface area contributed by atoms with Gasteiger partial charge in [-0.05, 0) is 49.4 Å². The molecule has 1 aliphatic rings. The summed E-state index contributed by atoms with van der Waals surface area (Å²) in [5.41, 5.74) is 3.28. The van der Waals surface area contributed by atoms with E-state index in [1.807, 2.05) is 43.1 Å². The van der Waals surface area contributed by atoms with Crippen LogP contribution in [0.2, 0.25) is 0 Å². The molecule has 1 aliphatic carbocycles. The molecule has 7 nitrogen and oxygen atoms in total. The molecule has 170 valence electrons. The number of aromatic nitrogens is 3. The fourth-order valence-corrected chi connectivity index (χ4v) is 4.87. The van der Waals surface area contributed by atoms with E-state index in [4.69, 9.17) is 9.47 Å². The standard InChI is InChI=1S/C25H32N4O3/c1-16-8-6-7-9-21(16)29(15-18-10-11-22(31-4)23(12-18)32-5)25(30)19-13-20-17(2)27-28(3)24(20)26-14-19/h10-14,16,21H,6-9,15H2,1-5H3/t16-,21-/m0/s1. The Morgan fingerprint density at radius 3 is 2.62 bits per heavy atom. The molecule has 7 heteroatoms. The zero-order valence-corrected chi connectivity index (χ0v) is 19.6. The molecule has 2 aromatic heterocycles. The summed E-state index contributed by atoms with van der Waals surface area (Å²) in [6.07, 6.45) is 6.20. The second-order valence-electron chi connectivity index (χ2n) is 8.76. The number of fused-ring (bicyclic) bond motifs is 1. The van der Waals surface area contributed by atoms with Crippen molar-refractivity contribution in [3.63, 3.8) is 0 Å². The lowest BCUT2D eigenvalue weighted by Crippen LogP contribution is -2.44. The van der Waals surface area contributed by atoms with E-state index < -0.39 is 0 Å². The number of benzene rings is 1. The molecule has 2 atom stereocenters. The SMILES string of the molecule is COc1ccc(CN(C(=O)c2cnc3c(c2)c(C)nn3C)[C@H]2CCCC[C@@H]2C)cc1OC. The first-order valence-corrected chi connectivity index (χ1v) is 11.2. The Balaban J connectivity index is 1.71. The van der Waals surface area contributed by atoms with Gasteiger partial charge in [0.15, 0.2) is 17.1 Å². The van der Waals surface area contributed by atoms with Crippen molar-refractivity contribution in [3.05, 3.63) is 47.3 Å². The number of rotatable bonds is 6. The van der Waals surface area contributed by atoms with Gasteiger partial charge >= 0.3 is 0 Å². The highest BCUT2D eigenvalue weighted by Crippen LogP contribution is 2.33. The van der Waals surface area contributed by atoms with Gasteiger partial charge in [0.25, 0.3) is 5.91 Å². The normalized spacial score (nSPS) is 18.5. The maximum absolute atomic E-state index is 13.8. The summed E-state index contributed by atoms with van der Waals surface area (Å²) < 4.78 is 12.6. The lowest BCUT2D eigenvalue weighted by Gasteiger charge is -2.39. The van der Waals surface area contributed by atoms with Crippen molar-refractivity contribution in [3.8, 4) is 11.5 Å². The predicted molar refractivity (Wildman–Crippen MR) is 124 cm³/mol. The van der Waals surface area contributed by atoms with Crippen LogP contribution >= 0.6 is 0 Å². The van der Waals surface area contributed by atoms with Crippen LogP contribution in [0.3, 0.4) is 0 Å². The monoisotopic (exact) mass is 436 g/mol. The van der Waals surface area contributed by atoms with Gasteiger partial charge in [-0.25, -0.2) is 4.98 Å². The molecule has 0 aliphatic heterocycles. The third-order valence-electron chi connectivity index (χ3n) is 6.64. The van der Waals surface area contributed by atoms with E-state index in [1.165, 1.54) is 6.42 Å². The van der Waals surface area contributed by atoms with Crippen molar-refractivity contribution in [2.45, 2.75) is 52.1 Å². The number of carbonyl (C=O) groups excluding carboxylic acids is 1. The van der Waals surface area contributed by atoms with E-state index in [1.54, 1.807) is 25.1 Å². The predicted octanol–water partition coefficient (Wildman–Crippen LogP) is 4.52. The number of amides is 1. The summed E-state index contributed by atoms with van der Waals surface area (Å²) in [7, 11) is 5.13. The van der Waals surface area contributed by atoms with E-state index in [0.29, 0.717) is 29.5 Å². The number of ether oxygens (including phenoxy) is 2. The Hall–Kier alpha value is -3.09. The fraction of sp³-hybridized carbons (Fsp3) is 0.480. The number of hydrogen-bond acceptors (Lipinski definition) is 5. The maximum atomic E-state index is 13.8. The number of methoxy groups -OCH3 is 2. The van der Waals surface area contributed by atoms with Crippen molar-refractivity contribution in [1.29, 1.82) is 0 Å². The number of carbonyl (C=O) groups is 1. The zero-order valence-electron chi connectivity index (χ0n) is 19.6. The molecule has 0 spiro atoms. The largest absolute Gasteiger partial charge is 0.493 e. The Labute approximate surface area is 189 Å². The highest BCUT2D eigenvalue weighted by atomic mass is 16.5. The average molecular weight is 437 g/mol. The van der Waals surface area contributed by atoms with E-state index >= 15 is 0 Å². The van der Waals surface area contributed by atoms with Gasteiger partial charge in [0, 0.05) is 31.2 Å². The first-order chi connectivity index (χ1) is 15.4. The Morgan fingerprint density at radius 2 is 1.91 bits per heavy atom. The van der Waals surface area contributed by atoms with Gasteiger partial charge < -0.3 is 14.4 Å². The summed E-state index contributed by atoms with van der Waals surface area (Å²) in [4.78, 5) is 20.4. The topological polar surface area (TPSA) is 69.5 Å². The summed E-state index contributed by atoms with van der Waals surface area (Å²) in [6.45, 7) is 4.71. The third-order valence-corrected chi connectivity index (χ3v) is 6.64. The lowest BCUT2D eigenvalue weighted by molar-refractivity contribution is 0.0528. The smallest absolute Gasteiger partial charge is 0.256 e. The second-order valence-corrected chi connectivity index (χ2v) is 8.76. The van der Waals surface area contributed by atoms with E-state index in [0.717, 1.165) is 41.6 Å². The minimum atomic E-state index is 0.0104. The van der Waals surface area contributed by atoms with Gasteiger partial charge in [0.2, 0.25) is 0 Å². The molecule has 4 rings (SSSR count). The first kappa shape index (κ1) is 22.1. The van der Waals surface area contributed by atoms with Gasteiger partial charge in [-0.3, -0.25) is 9.48 Å². The molecule has 0 N–H and O–H groups in total. The Morgan fingerprint density at radius 1 is 1.16 bits per heavy atom. The highest BCUT2D eigenvalue weighted by Gasteiger charge is 2.31. The summed E-state index contributed by atoms with van der Waals surface area (Å²) >= 11 is 0. The van der Waals surface area contributed by atoms with Gasteiger partial charge in [-0.15, -0.1) is 0 Å². The third kappa shape index (κ3) is 4.16. The summed E-state index contributed by atoms with van der Waals surface area (Å²) in [5, 5.41) is 5.36. The molecule has 1 amide bonds. The maximum Gasteiger partial charge on any atom is 0.256 e. The van der Waals surface area contributed by atoms with Crippen LogP contribution in [0.5, 0.6) is 11.5 Å². The number of nitrogens with zero attached hydrogens (tertiary/aromatic N) is 4. The number of hydrogen-bond donors (Lipinski definition) is 0. The molecular weight excluding hydrogens is 404 g/mol. The Kier molecular flexibility index (Phi) is 6.35. The van der Waals surface area contributed by atoms with Crippen molar-refractivity contribution in [1.82, 2.24) is 19.7 Å². The molecule has 32 heavy (non-hydrogen) atoms. The molecule has 3 aromatic rings. The quantitative estimate of drug-likeness (QED) is 0.568. The van der Waals surface area contributed by atoms with Crippen LogP contribution in [0.15, 0.2) is 30.5 Å². The molecule has 2 heterocycles. The first-order valence-electron chi connectivity index (χ1n) is 11.2. The van der Waals surface area contributed by atoms with E-state index in [9.17, 15) is 4.79 Å². The van der Waals surface area contributed by atoms with Gasteiger partial charge in [0.05, 0.1) is 25.5 Å². The summed E-state index contributed by atoms with van der Waals surface area (Å²) in [6, 6.07) is 7.98. The zero-order chi connectivity index (χ0) is 22.8. The van der Waals surface area contributed by atoms with Crippen molar-refractivity contribution in [2.24, 2.45) is 13.0 Å². The van der Waals surface area contributed by atoms with Crippen LogP contribution in [0.1, 0.15) is 54.2 Å². The van der Waals surface area contributed by atoms with Crippen molar-refractivity contribution < 1.29 is 14.3 Å². The minimum Gasteiger partial charge on any atom is -0.493 e. The molecule has 1 aromatic carbocycles. The molecule has 1 fully saturated rings. The Bertz CT molecular complexity index is 1120. The summed E-state index contributed by atoms with van der Waals surface area (Å²) in [5.74, 6) is 1.81. The number of aryl methyl sites for hydroxylation is 2. The molecule has 0 radical (unpaired) electrons. The average Bonchev–Trinajstić information content (AvgIpc) is 3.10. The van der Waals surface area contributed by atoms with Crippen LogP contribution in [-0.2, 0) is 13.6 Å². The van der Waals surface area contributed by atoms with Gasteiger partial charge in [0.1, 0.15) is 0 Å². The fourth-order valence-electron chi connectivity index (χ4n) is 4.87. The highest BCUT2D eigenvalue weighted by molar-refractivity contribution is 5.97. The van der Waals surface area contributed by atoms with E-state index in [-0.39, 0.29) is 11.9 Å². The molecule has 1 saturated carbocycles. The lowest BCUT2D eigenvalue weighted by atomic mass is 9.84. The van der Waals surface area contributed by atoms with Crippen LogP contribution in [-0.4, -0.2) is 45.8 Å². The van der Waals surface area contributed by atoms with Crippen LogP contribution < -0.4 is 9.47 Å². The van der Waals surface area contributed by atoms with E-state index in [2.05, 4.69) is 17.0 Å². The van der Waals surface area contributed by atoms with Crippen LogP contribution in [0, 0.1) is 12.8 Å². The van der Waals surface area contributed by atoms with Crippen LogP contribution in [0.4, 0.5) is 0 Å².